The minimum atomic E-state index is -0.497. The summed E-state index contributed by atoms with van der Waals surface area (Å²) in [6.45, 7) is 1.87. The Labute approximate surface area is 78.9 Å². The fourth-order valence-electron chi connectivity index (χ4n) is 0.910. The van der Waals surface area contributed by atoms with E-state index in [-0.39, 0.29) is 0 Å². The number of anilines is 1. The number of aryl methyl sites for hydroxylation is 1. The number of halogens is 1. The first-order valence-electron chi connectivity index (χ1n) is 3.38. The monoisotopic (exact) mass is 228 g/mol. The topological polar surface area (TPSA) is 69.1 Å². The number of hydrogen-bond acceptors (Lipinski definition) is 2. The highest BCUT2D eigenvalue weighted by molar-refractivity contribution is 9.10. The molecule has 0 fully saturated rings. The zero-order valence-electron chi connectivity index (χ0n) is 6.60. The van der Waals surface area contributed by atoms with Crippen molar-refractivity contribution in [1.29, 1.82) is 0 Å². The molecule has 0 bridgehead atoms. The number of rotatable bonds is 1. The van der Waals surface area contributed by atoms with Crippen molar-refractivity contribution in [3.8, 4) is 0 Å². The molecule has 0 aliphatic rings. The van der Waals surface area contributed by atoms with E-state index >= 15 is 0 Å². The highest BCUT2D eigenvalue weighted by atomic mass is 79.9. The van der Waals surface area contributed by atoms with E-state index in [0.29, 0.717) is 11.3 Å². The Balaban J connectivity index is 3.33. The first-order valence-corrected chi connectivity index (χ1v) is 4.17. The number of nitrogen functional groups attached to an aromatic ring is 1. The van der Waals surface area contributed by atoms with Crippen LogP contribution in [0.3, 0.4) is 0 Å². The lowest BCUT2D eigenvalue weighted by molar-refractivity contribution is 0.100. The minimum absolute atomic E-state index is 0.371. The number of carbonyl (C=O) groups is 1. The largest absolute Gasteiger partial charge is 0.398 e. The number of benzene rings is 1. The van der Waals surface area contributed by atoms with E-state index in [9.17, 15) is 4.79 Å². The molecule has 0 unspecified atom stereocenters. The quantitative estimate of drug-likeness (QED) is 0.715. The molecule has 0 saturated carbocycles. The summed E-state index contributed by atoms with van der Waals surface area (Å²) in [7, 11) is 0. The van der Waals surface area contributed by atoms with E-state index in [2.05, 4.69) is 15.9 Å². The molecule has 0 atom stereocenters. The predicted molar refractivity (Wildman–Crippen MR) is 51.8 cm³/mol. The number of hydrogen-bond donors (Lipinski definition) is 2. The number of carbonyl (C=O) groups excluding carboxylic acids is 1. The van der Waals surface area contributed by atoms with Crippen molar-refractivity contribution in [3.63, 3.8) is 0 Å². The van der Waals surface area contributed by atoms with E-state index in [4.69, 9.17) is 11.5 Å². The lowest BCUT2D eigenvalue weighted by atomic mass is 10.1. The van der Waals surface area contributed by atoms with Gasteiger partial charge in [0.25, 0.3) is 5.91 Å². The van der Waals surface area contributed by atoms with Crippen molar-refractivity contribution in [2.45, 2.75) is 6.92 Å². The van der Waals surface area contributed by atoms with E-state index in [1.54, 1.807) is 12.1 Å². The summed E-state index contributed by atoms with van der Waals surface area (Å²) in [5, 5.41) is 0. The van der Waals surface area contributed by atoms with Crippen molar-refractivity contribution in [2.75, 3.05) is 5.73 Å². The average molecular weight is 229 g/mol. The molecule has 1 aromatic rings. The molecule has 64 valence electrons. The highest BCUT2D eigenvalue weighted by Crippen LogP contribution is 2.22. The summed E-state index contributed by atoms with van der Waals surface area (Å²) >= 11 is 3.30. The number of nitrogens with two attached hydrogens (primary N) is 2. The van der Waals surface area contributed by atoms with Crippen molar-refractivity contribution in [2.24, 2.45) is 5.73 Å². The Bertz CT molecular complexity index is 336. The van der Waals surface area contributed by atoms with Crippen LogP contribution in [0.25, 0.3) is 0 Å². The molecular weight excluding hydrogens is 220 g/mol. The van der Waals surface area contributed by atoms with Gasteiger partial charge in [-0.05, 0) is 24.6 Å². The van der Waals surface area contributed by atoms with Gasteiger partial charge in [-0.3, -0.25) is 4.79 Å². The molecule has 0 heterocycles. The maximum atomic E-state index is 10.8. The van der Waals surface area contributed by atoms with Crippen molar-refractivity contribution < 1.29 is 4.79 Å². The zero-order chi connectivity index (χ0) is 9.30. The van der Waals surface area contributed by atoms with Crippen molar-refractivity contribution in [3.05, 3.63) is 27.7 Å². The van der Waals surface area contributed by atoms with Gasteiger partial charge in [-0.2, -0.15) is 0 Å². The van der Waals surface area contributed by atoms with Gasteiger partial charge in [0, 0.05) is 10.2 Å². The van der Waals surface area contributed by atoms with E-state index in [1.807, 2.05) is 6.92 Å². The Morgan fingerprint density at radius 3 is 2.58 bits per heavy atom. The molecule has 0 aliphatic heterocycles. The highest BCUT2D eigenvalue weighted by Gasteiger charge is 2.07. The normalized spacial score (nSPS) is 9.83. The molecule has 0 saturated heterocycles. The molecule has 0 radical (unpaired) electrons. The lowest BCUT2D eigenvalue weighted by Gasteiger charge is -2.04. The Morgan fingerprint density at radius 2 is 2.08 bits per heavy atom. The average Bonchev–Trinajstić information content (AvgIpc) is 1.96. The van der Waals surface area contributed by atoms with Crippen LogP contribution in [0.4, 0.5) is 5.69 Å². The minimum Gasteiger partial charge on any atom is -0.398 e. The summed E-state index contributed by atoms with van der Waals surface area (Å²) in [6, 6.07) is 3.34. The van der Waals surface area contributed by atoms with Gasteiger partial charge in [0.05, 0.1) is 5.56 Å². The Morgan fingerprint density at radius 1 is 1.50 bits per heavy atom. The molecule has 0 spiro atoms. The standard InChI is InChI=1S/C8H9BrN2O/c1-4-2-5(8(11)12)7(10)3-6(4)9/h2-3H,10H2,1H3,(H2,11,12). The molecular formula is C8H9BrN2O. The summed E-state index contributed by atoms with van der Waals surface area (Å²) < 4.78 is 0.880. The molecule has 4 heteroatoms. The van der Waals surface area contributed by atoms with Crippen LogP contribution < -0.4 is 11.5 Å². The molecule has 1 amide bonds. The SMILES string of the molecule is Cc1cc(C(N)=O)c(N)cc1Br. The van der Waals surface area contributed by atoms with Gasteiger partial charge in [0.15, 0.2) is 0 Å². The van der Waals surface area contributed by atoms with Crippen LogP contribution >= 0.6 is 15.9 Å². The third-order valence-corrected chi connectivity index (χ3v) is 2.45. The van der Waals surface area contributed by atoms with Crippen LogP contribution in [-0.2, 0) is 0 Å². The van der Waals surface area contributed by atoms with Crippen LogP contribution in [0.5, 0.6) is 0 Å². The maximum Gasteiger partial charge on any atom is 0.250 e. The fraction of sp³-hybridized carbons (Fsp3) is 0.125. The maximum absolute atomic E-state index is 10.8. The van der Waals surface area contributed by atoms with Gasteiger partial charge in [-0.1, -0.05) is 15.9 Å². The molecule has 0 aromatic heterocycles. The molecule has 4 N–H and O–H groups in total. The third-order valence-electron chi connectivity index (χ3n) is 1.60. The smallest absolute Gasteiger partial charge is 0.250 e. The van der Waals surface area contributed by atoms with Crippen LogP contribution in [0.1, 0.15) is 15.9 Å². The molecule has 1 rings (SSSR count). The van der Waals surface area contributed by atoms with Gasteiger partial charge in [-0.25, -0.2) is 0 Å². The second-order valence-corrected chi connectivity index (χ2v) is 3.41. The molecule has 0 aliphatic carbocycles. The van der Waals surface area contributed by atoms with Crippen LogP contribution in [0, 0.1) is 6.92 Å². The van der Waals surface area contributed by atoms with E-state index < -0.39 is 5.91 Å². The second-order valence-electron chi connectivity index (χ2n) is 2.55. The van der Waals surface area contributed by atoms with Crippen molar-refractivity contribution in [1.82, 2.24) is 0 Å². The van der Waals surface area contributed by atoms with E-state index in [0.717, 1.165) is 10.0 Å². The molecule has 1 aromatic carbocycles. The van der Waals surface area contributed by atoms with Crippen LogP contribution in [0.15, 0.2) is 16.6 Å². The summed E-state index contributed by atoms with van der Waals surface area (Å²) in [6.07, 6.45) is 0. The summed E-state index contributed by atoms with van der Waals surface area (Å²) in [4.78, 5) is 10.8. The molecule has 12 heavy (non-hydrogen) atoms. The first-order chi connectivity index (χ1) is 5.52. The first kappa shape index (κ1) is 9.06. The van der Waals surface area contributed by atoms with Gasteiger partial charge >= 0.3 is 0 Å². The van der Waals surface area contributed by atoms with Crippen molar-refractivity contribution >= 4 is 27.5 Å². The third kappa shape index (κ3) is 1.58. The molecule has 3 nitrogen and oxygen atoms in total. The fourth-order valence-corrected chi connectivity index (χ4v) is 1.27. The zero-order valence-corrected chi connectivity index (χ0v) is 8.18. The second kappa shape index (κ2) is 3.15. The Kier molecular flexibility index (Phi) is 2.38. The van der Waals surface area contributed by atoms with Crippen LogP contribution in [0.2, 0.25) is 0 Å². The predicted octanol–water partition coefficient (Wildman–Crippen LogP) is 1.44. The lowest BCUT2D eigenvalue weighted by Crippen LogP contribution is -2.13. The van der Waals surface area contributed by atoms with Gasteiger partial charge in [-0.15, -0.1) is 0 Å². The number of amides is 1. The summed E-state index contributed by atoms with van der Waals surface area (Å²) in [5.41, 5.74) is 12.4. The van der Waals surface area contributed by atoms with Gasteiger partial charge < -0.3 is 11.5 Å². The number of primary amides is 1. The van der Waals surface area contributed by atoms with Crippen LogP contribution in [-0.4, -0.2) is 5.91 Å². The summed E-state index contributed by atoms with van der Waals surface area (Å²) in [5.74, 6) is -0.497. The van der Waals surface area contributed by atoms with Gasteiger partial charge in [0.2, 0.25) is 0 Å². The van der Waals surface area contributed by atoms with Gasteiger partial charge in [0.1, 0.15) is 0 Å². The van der Waals surface area contributed by atoms with E-state index in [1.165, 1.54) is 0 Å². The Hall–Kier alpha value is -1.03.